The van der Waals surface area contributed by atoms with Crippen LogP contribution in [0, 0.1) is 6.92 Å². The normalized spacial score (nSPS) is 23.5. The number of rotatable bonds is 4. The Labute approximate surface area is 204 Å². The van der Waals surface area contributed by atoms with Crippen LogP contribution in [0.15, 0.2) is 35.5 Å². The molecular formula is C21H16BrCl2F3N2O2S. The van der Waals surface area contributed by atoms with Gasteiger partial charge in [-0.15, -0.1) is 0 Å². The van der Waals surface area contributed by atoms with Gasteiger partial charge in [0, 0.05) is 44.2 Å². The SMILES string of the molecule is Cc1c(C(N)=O)ccc(C2=NOC(c3cc(Cl)cc(Cl)c3)(C(F)(F)F)C2Br)c1C1CSC1. The maximum Gasteiger partial charge on any atom is 0.436 e. The molecule has 2 atom stereocenters. The molecule has 4 nitrogen and oxygen atoms in total. The van der Waals surface area contributed by atoms with E-state index in [0.717, 1.165) is 17.1 Å². The highest BCUT2D eigenvalue weighted by Gasteiger charge is 2.67. The lowest BCUT2D eigenvalue weighted by Crippen LogP contribution is -2.50. The molecule has 1 fully saturated rings. The average Bonchev–Trinajstić information content (AvgIpc) is 2.98. The Bertz CT molecular complexity index is 1120. The van der Waals surface area contributed by atoms with Gasteiger partial charge in [-0.1, -0.05) is 50.4 Å². The van der Waals surface area contributed by atoms with Gasteiger partial charge in [0.05, 0.1) is 0 Å². The molecule has 0 spiro atoms. The van der Waals surface area contributed by atoms with Crippen molar-refractivity contribution in [3.05, 3.63) is 68.2 Å². The van der Waals surface area contributed by atoms with E-state index < -0.39 is 22.5 Å². The molecule has 2 aliphatic heterocycles. The number of amides is 1. The molecule has 0 aromatic heterocycles. The number of benzene rings is 2. The number of oxime groups is 1. The van der Waals surface area contributed by atoms with E-state index in [1.54, 1.807) is 24.8 Å². The van der Waals surface area contributed by atoms with Crippen LogP contribution in [-0.2, 0) is 10.4 Å². The van der Waals surface area contributed by atoms with E-state index in [9.17, 15) is 18.0 Å². The van der Waals surface area contributed by atoms with Crippen molar-refractivity contribution in [2.24, 2.45) is 10.9 Å². The third kappa shape index (κ3) is 3.71. The molecule has 2 N–H and O–H groups in total. The minimum Gasteiger partial charge on any atom is -0.373 e. The van der Waals surface area contributed by atoms with Crippen LogP contribution < -0.4 is 5.73 Å². The van der Waals surface area contributed by atoms with Gasteiger partial charge in [0.15, 0.2) is 0 Å². The van der Waals surface area contributed by atoms with Crippen molar-refractivity contribution in [1.82, 2.24) is 0 Å². The summed E-state index contributed by atoms with van der Waals surface area (Å²) in [7, 11) is 0. The summed E-state index contributed by atoms with van der Waals surface area (Å²) in [6.07, 6.45) is -4.85. The summed E-state index contributed by atoms with van der Waals surface area (Å²) in [5.41, 5.74) is 4.68. The van der Waals surface area contributed by atoms with Crippen molar-refractivity contribution in [3.63, 3.8) is 0 Å². The second-order valence-corrected chi connectivity index (χ2v) is 10.5. The largest absolute Gasteiger partial charge is 0.436 e. The minimum atomic E-state index is -4.85. The molecular weight excluding hydrogens is 552 g/mol. The predicted molar refractivity (Wildman–Crippen MR) is 124 cm³/mol. The van der Waals surface area contributed by atoms with Gasteiger partial charge in [-0.3, -0.25) is 4.79 Å². The average molecular weight is 568 g/mol. The van der Waals surface area contributed by atoms with Crippen LogP contribution in [0.5, 0.6) is 0 Å². The van der Waals surface area contributed by atoms with E-state index in [-0.39, 0.29) is 27.2 Å². The van der Waals surface area contributed by atoms with Gasteiger partial charge < -0.3 is 10.6 Å². The van der Waals surface area contributed by atoms with Gasteiger partial charge >= 0.3 is 6.18 Å². The number of carbonyl (C=O) groups is 1. The van der Waals surface area contributed by atoms with Crippen LogP contribution in [0.4, 0.5) is 13.2 Å². The first-order valence-corrected chi connectivity index (χ1v) is 12.2. The van der Waals surface area contributed by atoms with Crippen molar-refractivity contribution in [2.75, 3.05) is 11.5 Å². The number of thioether (sulfide) groups is 1. The summed E-state index contributed by atoms with van der Waals surface area (Å²) in [5, 5.41) is 3.99. The molecule has 0 aliphatic carbocycles. The van der Waals surface area contributed by atoms with Gasteiger partial charge in [0.25, 0.3) is 5.60 Å². The number of carbonyl (C=O) groups excluding carboxylic acids is 1. The smallest absolute Gasteiger partial charge is 0.373 e. The first kappa shape index (κ1) is 23.7. The summed E-state index contributed by atoms with van der Waals surface area (Å²) in [6.45, 7) is 1.75. The van der Waals surface area contributed by atoms with Crippen molar-refractivity contribution < 1.29 is 22.8 Å². The Kier molecular flexibility index (Phi) is 6.24. The molecule has 0 radical (unpaired) electrons. The molecule has 2 heterocycles. The van der Waals surface area contributed by atoms with Crippen LogP contribution >= 0.6 is 50.9 Å². The molecule has 2 aromatic rings. The molecule has 32 heavy (non-hydrogen) atoms. The van der Waals surface area contributed by atoms with Crippen molar-refractivity contribution >= 4 is 62.5 Å². The standard InChI is InChI=1S/C21H16BrCl2F3N2O2S/c1-9-14(19(28)30)2-3-15(16(9)10-7-32-8-10)17-18(22)20(31-29-17,21(25,26)27)11-4-12(23)6-13(24)5-11/h2-6,10,18H,7-8H2,1H3,(H2,28,30). The second kappa shape index (κ2) is 8.42. The molecule has 170 valence electrons. The molecule has 2 aromatic carbocycles. The third-order valence-corrected chi connectivity index (χ3v) is 8.49. The van der Waals surface area contributed by atoms with E-state index in [1.165, 1.54) is 24.3 Å². The Balaban J connectivity index is 1.87. The predicted octanol–water partition coefficient (Wildman–Crippen LogP) is 6.19. The molecule has 1 amide bonds. The van der Waals surface area contributed by atoms with Gasteiger partial charge in [0.2, 0.25) is 5.91 Å². The van der Waals surface area contributed by atoms with Crippen molar-refractivity contribution in [3.8, 4) is 0 Å². The first-order chi connectivity index (χ1) is 15.0. The van der Waals surface area contributed by atoms with E-state index in [0.29, 0.717) is 16.7 Å². The lowest BCUT2D eigenvalue weighted by Gasteiger charge is -2.34. The molecule has 4 rings (SSSR count). The fraction of sp³-hybridized carbons (Fsp3) is 0.333. The molecule has 0 bridgehead atoms. The number of hydrogen-bond donors (Lipinski definition) is 1. The Morgan fingerprint density at radius 2 is 1.88 bits per heavy atom. The molecule has 1 saturated heterocycles. The van der Waals surface area contributed by atoms with Gasteiger partial charge in [-0.05, 0) is 42.3 Å². The highest BCUT2D eigenvalue weighted by molar-refractivity contribution is 9.10. The number of nitrogens with two attached hydrogens (primary N) is 1. The Morgan fingerprint density at radius 3 is 2.38 bits per heavy atom. The molecule has 2 aliphatic rings. The van der Waals surface area contributed by atoms with E-state index >= 15 is 0 Å². The zero-order valence-electron chi connectivity index (χ0n) is 16.5. The third-order valence-electron chi connectivity index (χ3n) is 5.70. The lowest BCUT2D eigenvalue weighted by molar-refractivity contribution is -0.273. The van der Waals surface area contributed by atoms with Crippen molar-refractivity contribution in [1.29, 1.82) is 0 Å². The lowest BCUT2D eigenvalue weighted by atomic mass is 9.82. The summed E-state index contributed by atoms with van der Waals surface area (Å²) in [6, 6.07) is 6.76. The summed E-state index contributed by atoms with van der Waals surface area (Å²) in [5.74, 6) is 1.04. The number of primary amides is 1. The second-order valence-electron chi connectivity index (χ2n) is 7.62. The molecule has 2 unspecified atom stereocenters. The van der Waals surface area contributed by atoms with Crippen LogP contribution in [0.25, 0.3) is 0 Å². The highest BCUT2D eigenvalue weighted by Crippen LogP contribution is 2.53. The maximum atomic E-state index is 14.5. The van der Waals surface area contributed by atoms with Crippen molar-refractivity contribution in [2.45, 2.75) is 29.4 Å². The van der Waals surface area contributed by atoms with Crippen LogP contribution in [0.2, 0.25) is 10.0 Å². The monoisotopic (exact) mass is 566 g/mol. The summed E-state index contributed by atoms with van der Waals surface area (Å²) < 4.78 is 43.5. The van der Waals surface area contributed by atoms with E-state index in [1.807, 2.05) is 0 Å². The zero-order valence-corrected chi connectivity index (χ0v) is 20.4. The summed E-state index contributed by atoms with van der Waals surface area (Å²) >= 11 is 16.9. The van der Waals surface area contributed by atoms with Crippen LogP contribution in [0.3, 0.4) is 0 Å². The molecule has 0 saturated carbocycles. The number of hydrogen-bond acceptors (Lipinski definition) is 4. The van der Waals surface area contributed by atoms with Crippen LogP contribution in [0.1, 0.15) is 38.5 Å². The Hall–Kier alpha value is -1.42. The molecule has 11 heteroatoms. The number of nitrogens with zero attached hydrogens (tertiary/aromatic N) is 1. The van der Waals surface area contributed by atoms with Gasteiger partial charge in [-0.2, -0.15) is 24.9 Å². The maximum absolute atomic E-state index is 14.5. The fourth-order valence-corrected chi connectivity index (χ4v) is 6.33. The van der Waals surface area contributed by atoms with E-state index in [2.05, 4.69) is 21.1 Å². The minimum absolute atomic E-state index is 0.0433. The number of alkyl halides is 4. The first-order valence-electron chi connectivity index (χ1n) is 9.42. The fourth-order valence-electron chi connectivity index (χ4n) is 4.07. The highest BCUT2D eigenvalue weighted by atomic mass is 79.9. The zero-order chi connectivity index (χ0) is 23.4. The van der Waals surface area contributed by atoms with Gasteiger partial charge in [-0.25, -0.2) is 0 Å². The van der Waals surface area contributed by atoms with E-state index in [4.69, 9.17) is 33.8 Å². The quantitative estimate of drug-likeness (QED) is 0.448. The van der Waals surface area contributed by atoms with Crippen LogP contribution in [-0.4, -0.2) is 34.1 Å². The topological polar surface area (TPSA) is 64.7 Å². The summed E-state index contributed by atoms with van der Waals surface area (Å²) in [4.78, 5) is 15.7. The van der Waals surface area contributed by atoms with Gasteiger partial charge in [0.1, 0.15) is 10.5 Å². The number of halogens is 6. The Morgan fingerprint density at radius 1 is 1.25 bits per heavy atom.